The predicted octanol–water partition coefficient (Wildman–Crippen LogP) is 4.13. The lowest BCUT2D eigenvalue weighted by Gasteiger charge is -2.22. The molecule has 0 aliphatic carbocycles. The lowest BCUT2D eigenvalue weighted by molar-refractivity contribution is 0.0774. The summed E-state index contributed by atoms with van der Waals surface area (Å²) in [6.45, 7) is 4.37. The molecule has 3 rings (SSSR count). The van der Waals surface area contributed by atoms with Gasteiger partial charge >= 0.3 is 0 Å². The highest BCUT2D eigenvalue weighted by Gasteiger charge is 2.25. The van der Waals surface area contributed by atoms with Crippen LogP contribution in [0.4, 0.5) is 5.69 Å². The summed E-state index contributed by atoms with van der Waals surface area (Å²) in [5.41, 5.74) is 1.35. The van der Waals surface area contributed by atoms with Crippen molar-refractivity contribution in [1.29, 1.82) is 0 Å². The van der Waals surface area contributed by atoms with E-state index in [0.29, 0.717) is 23.2 Å². The van der Waals surface area contributed by atoms with Gasteiger partial charge in [-0.25, -0.2) is 8.42 Å². The lowest BCUT2D eigenvalue weighted by Crippen LogP contribution is -2.33. The van der Waals surface area contributed by atoms with E-state index in [1.807, 2.05) is 6.92 Å². The van der Waals surface area contributed by atoms with Gasteiger partial charge in [-0.1, -0.05) is 29.3 Å². The summed E-state index contributed by atoms with van der Waals surface area (Å²) in [5.74, 6) is 0.0903. The van der Waals surface area contributed by atoms with Crippen molar-refractivity contribution in [1.82, 2.24) is 9.80 Å². The second-order valence-electron chi connectivity index (χ2n) is 7.81. The maximum Gasteiger partial charge on any atom is 0.261 e. The average Bonchev–Trinajstić information content (AvgIpc) is 3.08. The number of likely N-dealkylation sites (tertiary alicyclic amines) is 1. The Bertz CT molecular complexity index is 1060. The van der Waals surface area contributed by atoms with Crippen LogP contribution in [0.2, 0.25) is 10.0 Å². The van der Waals surface area contributed by atoms with Crippen LogP contribution >= 0.6 is 23.2 Å². The Kier molecular flexibility index (Phi) is 6.97. The zero-order chi connectivity index (χ0) is 22.1. The summed E-state index contributed by atoms with van der Waals surface area (Å²) >= 11 is 12.3. The van der Waals surface area contributed by atoms with Crippen molar-refractivity contribution in [3.8, 4) is 0 Å². The van der Waals surface area contributed by atoms with E-state index < -0.39 is 10.0 Å². The Hall–Kier alpha value is -1.80. The number of benzene rings is 2. The van der Waals surface area contributed by atoms with Crippen molar-refractivity contribution in [2.45, 2.75) is 18.2 Å². The van der Waals surface area contributed by atoms with Crippen LogP contribution in [0.25, 0.3) is 0 Å². The summed E-state index contributed by atoms with van der Waals surface area (Å²) in [7, 11) is -0.146. The number of aryl methyl sites for hydroxylation is 1. The summed E-state index contributed by atoms with van der Waals surface area (Å²) in [6, 6.07) is 9.04. The second-order valence-corrected chi connectivity index (χ2v) is 10.3. The Labute approximate surface area is 187 Å². The third kappa shape index (κ3) is 5.27. The fourth-order valence-electron chi connectivity index (χ4n) is 3.56. The van der Waals surface area contributed by atoms with Crippen LogP contribution in [0.1, 0.15) is 22.3 Å². The van der Waals surface area contributed by atoms with Crippen molar-refractivity contribution in [2.24, 2.45) is 5.92 Å². The average molecular weight is 470 g/mol. The van der Waals surface area contributed by atoms with Crippen LogP contribution < -0.4 is 4.72 Å². The van der Waals surface area contributed by atoms with Gasteiger partial charge in [-0.2, -0.15) is 0 Å². The highest BCUT2D eigenvalue weighted by molar-refractivity contribution is 7.92. The highest BCUT2D eigenvalue weighted by atomic mass is 35.5. The first-order valence-corrected chi connectivity index (χ1v) is 11.8. The molecule has 1 saturated heterocycles. The molecule has 1 aliphatic rings. The molecule has 0 spiro atoms. The van der Waals surface area contributed by atoms with Gasteiger partial charge in [0.05, 0.1) is 21.2 Å². The normalized spacial score (nSPS) is 17.2. The molecule has 30 heavy (non-hydrogen) atoms. The van der Waals surface area contributed by atoms with Crippen LogP contribution in [0.5, 0.6) is 0 Å². The third-order valence-electron chi connectivity index (χ3n) is 5.27. The van der Waals surface area contributed by atoms with Crippen LogP contribution in [0.3, 0.4) is 0 Å². The molecular weight excluding hydrogens is 445 g/mol. The van der Waals surface area contributed by atoms with Crippen LogP contribution in [0, 0.1) is 12.8 Å². The zero-order valence-electron chi connectivity index (χ0n) is 17.2. The molecule has 1 heterocycles. The third-order valence-corrected chi connectivity index (χ3v) is 7.39. The summed E-state index contributed by atoms with van der Waals surface area (Å²) in [6.07, 6.45) is 1.03. The first-order chi connectivity index (χ1) is 14.1. The topological polar surface area (TPSA) is 69.7 Å². The number of amides is 1. The van der Waals surface area contributed by atoms with E-state index >= 15 is 0 Å². The molecule has 2 aromatic rings. The number of carbonyl (C=O) groups excluding carboxylic acids is 1. The number of rotatable bonds is 6. The number of hydrogen-bond acceptors (Lipinski definition) is 4. The summed E-state index contributed by atoms with van der Waals surface area (Å²) in [4.78, 5) is 16.7. The smallest absolute Gasteiger partial charge is 0.261 e. The number of carbonyl (C=O) groups is 1. The maximum absolute atomic E-state index is 12.9. The molecule has 1 atom stereocenters. The van der Waals surface area contributed by atoms with Gasteiger partial charge in [0.2, 0.25) is 0 Å². The SMILES string of the molecule is Cc1ccc(NS(=O)(=O)c2ccc(Cl)c(C(=O)N(C)CC3CCN(C)C3)c2)cc1Cl. The fraction of sp³-hybridized carbons (Fsp3) is 0.381. The quantitative estimate of drug-likeness (QED) is 0.690. The number of anilines is 1. The molecule has 9 heteroatoms. The van der Waals surface area contributed by atoms with Gasteiger partial charge < -0.3 is 9.80 Å². The van der Waals surface area contributed by atoms with Gasteiger partial charge in [0.15, 0.2) is 0 Å². The van der Waals surface area contributed by atoms with E-state index in [2.05, 4.69) is 16.7 Å². The monoisotopic (exact) mass is 469 g/mol. The minimum absolute atomic E-state index is 0.0408. The molecule has 0 saturated carbocycles. The van der Waals surface area contributed by atoms with E-state index in [-0.39, 0.29) is 21.4 Å². The van der Waals surface area contributed by atoms with Crippen molar-refractivity contribution >= 4 is 44.8 Å². The van der Waals surface area contributed by atoms with Crippen molar-refractivity contribution < 1.29 is 13.2 Å². The number of hydrogen-bond donors (Lipinski definition) is 1. The van der Waals surface area contributed by atoms with Crippen LogP contribution in [0.15, 0.2) is 41.3 Å². The molecule has 1 N–H and O–H groups in total. The summed E-state index contributed by atoms with van der Waals surface area (Å²) in [5, 5.41) is 0.675. The minimum atomic E-state index is -3.92. The molecule has 1 aliphatic heterocycles. The van der Waals surface area contributed by atoms with Crippen molar-refractivity contribution in [3.05, 3.63) is 57.6 Å². The highest BCUT2D eigenvalue weighted by Crippen LogP contribution is 2.26. The van der Waals surface area contributed by atoms with Crippen molar-refractivity contribution in [3.63, 3.8) is 0 Å². The molecule has 6 nitrogen and oxygen atoms in total. The first-order valence-electron chi connectivity index (χ1n) is 9.59. The molecule has 1 unspecified atom stereocenters. The van der Waals surface area contributed by atoms with E-state index in [9.17, 15) is 13.2 Å². The van der Waals surface area contributed by atoms with Gasteiger partial charge in [-0.3, -0.25) is 9.52 Å². The van der Waals surface area contributed by atoms with E-state index in [1.54, 1.807) is 30.1 Å². The number of nitrogens with one attached hydrogen (secondary N) is 1. The lowest BCUT2D eigenvalue weighted by atomic mass is 10.1. The van der Waals surface area contributed by atoms with Gasteiger partial charge in [0.25, 0.3) is 15.9 Å². The van der Waals surface area contributed by atoms with Crippen molar-refractivity contribution in [2.75, 3.05) is 38.5 Å². The Morgan fingerprint density at radius 3 is 2.57 bits per heavy atom. The number of halogens is 2. The molecular formula is C21H25Cl2N3O3S. The second kappa shape index (κ2) is 9.14. The van der Waals surface area contributed by atoms with E-state index in [1.165, 1.54) is 18.2 Å². The first kappa shape index (κ1) is 22.9. The number of nitrogens with zero attached hydrogens (tertiary/aromatic N) is 2. The van der Waals surface area contributed by atoms with Gasteiger partial charge in [0.1, 0.15) is 0 Å². The summed E-state index contributed by atoms with van der Waals surface area (Å²) < 4.78 is 28.2. The molecule has 1 amide bonds. The van der Waals surface area contributed by atoms with Gasteiger partial charge in [0, 0.05) is 25.2 Å². The minimum Gasteiger partial charge on any atom is -0.341 e. The molecule has 2 aromatic carbocycles. The molecule has 0 radical (unpaired) electrons. The molecule has 0 aromatic heterocycles. The molecule has 162 valence electrons. The maximum atomic E-state index is 12.9. The van der Waals surface area contributed by atoms with E-state index in [4.69, 9.17) is 23.2 Å². The molecule has 0 bridgehead atoms. The molecule has 1 fully saturated rings. The zero-order valence-corrected chi connectivity index (χ0v) is 19.5. The van der Waals surface area contributed by atoms with Crippen LogP contribution in [-0.2, 0) is 10.0 Å². The number of sulfonamides is 1. The Morgan fingerprint density at radius 1 is 1.20 bits per heavy atom. The Balaban J connectivity index is 1.81. The van der Waals surface area contributed by atoms with Gasteiger partial charge in [-0.05, 0) is 68.8 Å². The van der Waals surface area contributed by atoms with Gasteiger partial charge in [-0.15, -0.1) is 0 Å². The standard InChI is InChI=1S/C21H25Cl2N3O3S/c1-14-4-5-16(10-20(14)23)24-30(28,29)17-6-7-19(22)18(11-17)21(27)26(3)13-15-8-9-25(2)12-15/h4-7,10-11,15,24H,8-9,12-13H2,1-3H3. The predicted molar refractivity (Wildman–Crippen MR) is 121 cm³/mol. The Morgan fingerprint density at radius 2 is 1.93 bits per heavy atom. The largest absolute Gasteiger partial charge is 0.341 e. The van der Waals surface area contributed by atoms with Crippen LogP contribution in [-0.4, -0.2) is 57.9 Å². The fourth-order valence-corrected chi connectivity index (χ4v) is 5.01. The van der Waals surface area contributed by atoms with E-state index in [0.717, 1.165) is 25.1 Å².